The van der Waals surface area contributed by atoms with Crippen molar-refractivity contribution in [2.45, 2.75) is 44.8 Å². The van der Waals surface area contributed by atoms with Gasteiger partial charge in [-0.05, 0) is 31.7 Å². The van der Waals surface area contributed by atoms with Gasteiger partial charge in [0.1, 0.15) is 0 Å². The van der Waals surface area contributed by atoms with Crippen molar-refractivity contribution in [3.05, 3.63) is 0 Å². The number of unbranched alkanes of at least 4 members (excludes halogenated alkanes) is 1. The van der Waals surface area contributed by atoms with Crippen LogP contribution in [0.5, 0.6) is 0 Å². The highest BCUT2D eigenvalue weighted by Crippen LogP contribution is 2.17. The van der Waals surface area contributed by atoms with Crippen molar-refractivity contribution in [3.8, 4) is 0 Å². The summed E-state index contributed by atoms with van der Waals surface area (Å²) in [5.41, 5.74) is 4.01. The minimum Gasteiger partial charge on any atom is -0.370 e. The summed E-state index contributed by atoms with van der Waals surface area (Å²) in [5, 5.41) is 23.6. The topological polar surface area (TPSA) is 135 Å². The van der Waals surface area contributed by atoms with Crippen LogP contribution in [0.1, 0.15) is 39.0 Å². The third-order valence-corrected chi connectivity index (χ3v) is 4.95. The second-order valence-electron chi connectivity index (χ2n) is 7.46. The van der Waals surface area contributed by atoms with Gasteiger partial charge in [-0.1, -0.05) is 13.3 Å². The van der Waals surface area contributed by atoms with E-state index < -0.39 is 5.72 Å². The van der Waals surface area contributed by atoms with Gasteiger partial charge in [-0.2, -0.15) is 0 Å². The van der Waals surface area contributed by atoms with Crippen LogP contribution in [-0.4, -0.2) is 77.7 Å². The zero-order valence-electron chi connectivity index (χ0n) is 16.0. The zero-order chi connectivity index (χ0) is 19.2. The number of likely N-dealkylation sites (tertiary alicyclic amines) is 1. The number of carbonyl (C=O) groups is 2. The highest BCUT2D eigenvalue weighted by atomic mass is 35.5. The maximum Gasteiger partial charge on any atom is 0.236 e. The lowest BCUT2D eigenvalue weighted by Crippen LogP contribution is -2.64. The second-order valence-corrected chi connectivity index (χ2v) is 7.46. The standard InChI is InChI=1S/C17H32N6O3.ClH/c1-2-3-6-22-11-15(25)21-17(26,12-22)8-14(24)20-9-13-5-4-7-23(10-13)16(18)19;/h13,26H,2-12H2,1H3,(H3,18,19)(H,20,24)(H,21,25);1H/t13-,17-;/m0./s1. The van der Waals surface area contributed by atoms with Gasteiger partial charge in [0.05, 0.1) is 13.0 Å². The van der Waals surface area contributed by atoms with Gasteiger partial charge in [0.2, 0.25) is 11.8 Å². The molecule has 2 atom stereocenters. The van der Waals surface area contributed by atoms with E-state index in [2.05, 4.69) is 17.6 Å². The second kappa shape index (κ2) is 10.7. The minimum absolute atomic E-state index is 0. The number of hydrogen-bond donors (Lipinski definition) is 5. The number of guanidine groups is 1. The van der Waals surface area contributed by atoms with Crippen molar-refractivity contribution < 1.29 is 14.7 Å². The predicted molar refractivity (Wildman–Crippen MR) is 106 cm³/mol. The Balaban J connectivity index is 0.00000364. The van der Waals surface area contributed by atoms with Gasteiger partial charge in [-0.3, -0.25) is 19.9 Å². The molecule has 0 radical (unpaired) electrons. The van der Waals surface area contributed by atoms with Crippen molar-refractivity contribution in [2.75, 3.05) is 39.3 Å². The van der Waals surface area contributed by atoms with E-state index in [0.717, 1.165) is 38.8 Å². The van der Waals surface area contributed by atoms with Crippen LogP contribution in [-0.2, 0) is 9.59 Å². The molecule has 2 aliphatic rings. The molecule has 27 heavy (non-hydrogen) atoms. The summed E-state index contributed by atoms with van der Waals surface area (Å²) in [6.45, 7) is 5.23. The van der Waals surface area contributed by atoms with E-state index in [0.29, 0.717) is 13.1 Å². The molecule has 0 unspecified atom stereocenters. The molecule has 0 saturated carbocycles. The number of nitrogens with zero attached hydrogens (tertiary/aromatic N) is 2. The Morgan fingerprint density at radius 1 is 1.52 bits per heavy atom. The van der Waals surface area contributed by atoms with Crippen LogP contribution in [0.4, 0.5) is 0 Å². The lowest BCUT2D eigenvalue weighted by molar-refractivity contribution is -0.145. The Morgan fingerprint density at radius 2 is 2.26 bits per heavy atom. The zero-order valence-corrected chi connectivity index (χ0v) is 16.8. The number of hydrogen-bond acceptors (Lipinski definition) is 5. The van der Waals surface area contributed by atoms with E-state index in [1.807, 2.05) is 4.90 Å². The molecule has 0 aromatic carbocycles. The molecule has 0 bridgehead atoms. The molecule has 0 aliphatic carbocycles. The van der Waals surface area contributed by atoms with Crippen LogP contribution >= 0.6 is 12.4 Å². The highest BCUT2D eigenvalue weighted by Gasteiger charge is 2.38. The van der Waals surface area contributed by atoms with Gasteiger partial charge in [-0.25, -0.2) is 0 Å². The minimum atomic E-state index is -1.52. The molecule has 2 fully saturated rings. The first-order valence-corrected chi connectivity index (χ1v) is 9.42. The van der Waals surface area contributed by atoms with E-state index in [9.17, 15) is 14.7 Å². The largest absolute Gasteiger partial charge is 0.370 e. The Bertz CT molecular complexity index is 535. The third-order valence-electron chi connectivity index (χ3n) is 4.95. The normalized spacial score (nSPS) is 26.1. The average molecular weight is 405 g/mol. The fourth-order valence-corrected chi connectivity index (χ4v) is 3.64. The van der Waals surface area contributed by atoms with Crippen LogP contribution in [0, 0.1) is 11.3 Å². The van der Waals surface area contributed by atoms with E-state index in [1.54, 1.807) is 4.90 Å². The van der Waals surface area contributed by atoms with Crippen LogP contribution in [0.15, 0.2) is 0 Å². The first kappa shape index (κ1) is 23.5. The number of piperidine rings is 1. The summed E-state index contributed by atoms with van der Waals surface area (Å²) in [4.78, 5) is 27.8. The summed E-state index contributed by atoms with van der Waals surface area (Å²) in [7, 11) is 0. The smallest absolute Gasteiger partial charge is 0.236 e. The molecular formula is C17H33ClN6O3. The van der Waals surface area contributed by atoms with Gasteiger partial charge in [0, 0.05) is 26.2 Å². The molecule has 2 rings (SSSR count). The number of β-amino-alcohol motifs (C(OH)–C–C–N with tert-alkyl or cyclic N) is 1. The summed E-state index contributed by atoms with van der Waals surface area (Å²) in [6, 6.07) is 0. The van der Waals surface area contributed by atoms with Crippen LogP contribution in [0.3, 0.4) is 0 Å². The first-order valence-electron chi connectivity index (χ1n) is 9.42. The van der Waals surface area contributed by atoms with E-state index in [4.69, 9.17) is 11.1 Å². The molecule has 10 heteroatoms. The molecule has 9 nitrogen and oxygen atoms in total. The number of nitrogens with two attached hydrogens (primary N) is 1. The fourth-order valence-electron chi connectivity index (χ4n) is 3.64. The highest BCUT2D eigenvalue weighted by molar-refractivity contribution is 5.85. The van der Waals surface area contributed by atoms with Gasteiger partial charge in [-0.15, -0.1) is 12.4 Å². The number of amides is 2. The maximum atomic E-state index is 12.3. The number of halogens is 1. The molecule has 0 aromatic heterocycles. The average Bonchev–Trinajstić information content (AvgIpc) is 2.57. The van der Waals surface area contributed by atoms with Gasteiger partial charge in [0.15, 0.2) is 11.7 Å². The van der Waals surface area contributed by atoms with Crippen LogP contribution < -0.4 is 16.4 Å². The summed E-state index contributed by atoms with van der Waals surface area (Å²) < 4.78 is 0. The predicted octanol–water partition coefficient (Wildman–Crippen LogP) is -0.560. The van der Waals surface area contributed by atoms with Crippen molar-refractivity contribution in [1.82, 2.24) is 20.4 Å². The SMILES string of the molecule is CCCCN1CC(=O)N[C@](O)(CC(=O)NC[C@@H]2CCCN(C(=N)N)C2)C1.Cl. The third kappa shape index (κ3) is 7.51. The van der Waals surface area contributed by atoms with E-state index in [-0.39, 0.29) is 55.6 Å². The quantitative estimate of drug-likeness (QED) is 0.285. The lowest BCUT2D eigenvalue weighted by Gasteiger charge is -2.39. The van der Waals surface area contributed by atoms with Crippen molar-refractivity contribution >= 4 is 30.2 Å². The van der Waals surface area contributed by atoms with E-state index in [1.165, 1.54) is 0 Å². The molecule has 156 valence electrons. The van der Waals surface area contributed by atoms with E-state index >= 15 is 0 Å². The molecule has 0 aromatic rings. The van der Waals surface area contributed by atoms with Gasteiger partial charge >= 0.3 is 0 Å². The molecule has 2 saturated heterocycles. The Labute approximate surface area is 166 Å². The Morgan fingerprint density at radius 3 is 2.93 bits per heavy atom. The van der Waals surface area contributed by atoms with Crippen molar-refractivity contribution in [2.24, 2.45) is 11.7 Å². The van der Waals surface area contributed by atoms with Gasteiger partial charge < -0.3 is 26.4 Å². The number of carbonyl (C=O) groups excluding carboxylic acids is 2. The molecule has 0 spiro atoms. The summed E-state index contributed by atoms with van der Waals surface area (Å²) >= 11 is 0. The fraction of sp³-hybridized carbons (Fsp3) is 0.824. The van der Waals surface area contributed by atoms with Crippen molar-refractivity contribution in [1.29, 1.82) is 5.41 Å². The molecule has 2 aliphatic heterocycles. The molecular weight excluding hydrogens is 372 g/mol. The Kier molecular flexibility index (Phi) is 9.28. The Hall–Kier alpha value is -1.58. The first-order chi connectivity index (χ1) is 12.3. The number of piperazine rings is 1. The summed E-state index contributed by atoms with van der Waals surface area (Å²) in [6.07, 6.45) is 3.70. The lowest BCUT2D eigenvalue weighted by atomic mass is 9.98. The maximum absolute atomic E-state index is 12.3. The molecule has 2 amide bonds. The summed E-state index contributed by atoms with van der Waals surface area (Å²) in [5.74, 6) is -0.252. The van der Waals surface area contributed by atoms with Crippen molar-refractivity contribution in [3.63, 3.8) is 0 Å². The van der Waals surface area contributed by atoms with Gasteiger partial charge in [0.25, 0.3) is 0 Å². The molecule has 6 N–H and O–H groups in total. The number of aliphatic hydroxyl groups is 1. The monoisotopic (exact) mass is 404 g/mol. The van der Waals surface area contributed by atoms with Crippen LogP contribution in [0.2, 0.25) is 0 Å². The number of rotatable bonds is 7. The number of nitrogens with one attached hydrogen (secondary N) is 3. The van der Waals surface area contributed by atoms with Crippen LogP contribution in [0.25, 0.3) is 0 Å². The molecule has 2 heterocycles.